The Bertz CT molecular complexity index is 732. The van der Waals surface area contributed by atoms with Gasteiger partial charge in [-0.3, -0.25) is 0 Å². The Hall–Kier alpha value is -1.56. The molecule has 0 aromatic heterocycles. The molecule has 6 heteroatoms. The van der Waals surface area contributed by atoms with Gasteiger partial charge in [0.05, 0.1) is 5.02 Å². The molecular weight excluding hydrogens is 322 g/mol. The van der Waals surface area contributed by atoms with Crippen molar-refractivity contribution in [2.75, 3.05) is 13.2 Å². The molecule has 4 nitrogen and oxygen atoms in total. The fourth-order valence-corrected chi connectivity index (χ4v) is 3.54. The first-order valence-corrected chi connectivity index (χ1v) is 8.85. The lowest BCUT2D eigenvalue weighted by molar-refractivity contribution is 0.320. The lowest BCUT2D eigenvalue weighted by atomic mass is 10.1. The summed E-state index contributed by atoms with van der Waals surface area (Å²) in [5.74, 6) is 0.780. The van der Waals surface area contributed by atoms with Crippen LogP contribution in [0.25, 0.3) is 0 Å². The van der Waals surface area contributed by atoms with E-state index in [9.17, 15) is 8.42 Å². The number of sulfonamides is 1. The predicted molar refractivity (Wildman–Crippen MR) is 88.0 cm³/mol. The lowest BCUT2D eigenvalue weighted by Crippen LogP contribution is -2.28. The van der Waals surface area contributed by atoms with Gasteiger partial charge in [-0.25, -0.2) is 13.1 Å². The van der Waals surface area contributed by atoms with E-state index in [1.807, 2.05) is 31.2 Å². The SMILES string of the molecule is CCc1ccccc1OCCNS(=O)(=O)c1ccccc1Cl. The highest BCUT2D eigenvalue weighted by atomic mass is 35.5. The summed E-state index contributed by atoms with van der Waals surface area (Å²) in [5.41, 5.74) is 1.09. The van der Waals surface area contributed by atoms with Crippen molar-refractivity contribution in [3.63, 3.8) is 0 Å². The third kappa shape index (κ3) is 4.22. The maximum absolute atomic E-state index is 12.1. The monoisotopic (exact) mass is 339 g/mol. The van der Waals surface area contributed by atoms with E-state index in [0.29, 0.717) is 0 Å². The van der Waals surface area contributed by atoms with Gasteiger partial charge in [-0.05, 0) is 30.2 Å². The third-order valence-corrected chi connectivity index (χ3v) is 5.09. The molecule has 0 aliphatic rings. The minimum atomic E-state index is -3.62. The highest BCUT2D eigenvalue weighted by Crippen LogP contribution is 2.20. The Morgan fingerprint density at radius 3 is 2.50 bits per heavy atom. The number of aryl methyl sites for hydroxylation is 1. The van der Waals surface area contributed by atoms with Crippen molar-refractivity contribution < 1.29 is 13.2 Å². The van der Waals surface area contributed by atoms with Gasteiger partial charge in [0.2, 0.25) is 10.0 Å². The molecule has 0 heterocycles. The molecule has 0 saturated heterocycles. The fourth-order valence-electron chi connectivity index (χ4n) is 2.01. The summed E-state index contributed by atoms with van der Waals surface area (Å²) in [4.78, 5) is 0.0747. The zero-order valence-corrected chi connectivity index (χ0v) is 13.8. The van der Waals surface area contributed by atoms with Gasteiger partial charge in [0, 0.05) is 6.54 Å². The molecule has 0 aliphatic heterocycles. The molecule has 0 saturated carbocycles. The topological polar surface area (TPSA) is 55.4 Å². The highest BCUT2D eigenvalue weighted by molar-refractivity contribution is 7.89. The number of hydrogen-bond acceptors (Lipinski definition) is 3. The maximum Gasteiger partial charge on any atom is 0.242 e. The highest BCUT2D eigenvalue weighted by Gasteiger charge is 2.16. The van der Waals surface area contributed by atoms with Crippen LogP contribution in [-0.2, 0) is 16.4 Å². The molecule has 118 valence electrons. The van der Waals surface area contributed by atoms with Crippen molar-refractivity contribution in [3.05, 3.63) is 59.1 Å². The second-order valence-corrected chi connectivity index (χ2v) is 6.78. The van der Waals surface area contributed by atoms with Gasteiger partial charge in [0.25, 0.3) is 0 Å². The van der Waals surface area contributed by atoms with E-state index in [2.05, 4.69) is 4.72 Å². The molecule has 2 aromatic carbocycles. The van der Waals surface area contributed by atoms with E-state index in [4.69, 9.17) is 16.3 Å². The minimum absolute atomic E-state index is 0.0747. The van der Waals surface area contributed by atoms with Crippen molar-refractivity contribution >= 4 is 21.6 Å². The maximum atomic E-state index is 12.1. The molecular formula is C16H18ClNO3S. The summed E-state index contributed by atoms with van der Waals surface area (Å²) in [6.45, 7) is 2.47. The van der Waals surface area contributed by atoms with Crippen molar-refractivity contribution in [3.8, 4) is 5.75 Å². The Morgan fingerprint density at radius 2 is 1.77 bits per heavy atom. The number of para-hydroxylation sites is 1. The van der Waals surface area contributed by atoms with Gasteiger partial charge in [-0.1, -0.05) is 48.9 Å². The second kappa shape index (κ2) is 7.63. The smallest absolute Gasteiger partial charge is 0.242 e. The van der Waals surface area contributed by atoms with E-state index in [-0.39, 0.29) is 23.1 Å². The van der Waals surface area contributed by atoms with E-state index in [1.165, 1.54) is 6.07 Å². The fraction of sp³-hybridized carbons (Fsp3) is 0.250. The van der Waals surface area contributed by atoms with Crippen LogP contribution in [0.4, 0.5) is 0 Å². The first-order chi connectivity index (χ1) is 10.5. The second-order valence-electron chi connectivity index (χ2n) is 4.64. The molecule has 1 N–H and O–H groups in total. The lowest BCUT2D eigenvalue weighted by Gasteiger charge is -2.11. The van der Waals surface area contributed by atoms with Crippen molar-refractivity contribution in [2.24, 2.45) is 0 Å². The van der Waals surface area contributed by atoms with Gasteiger partial charge in [-0.15, -0.1) is 0 Å². The Kier molecular flexibility index (Phi) is 5.83. The standard InChI is InChI=1S/C16H18ClNO3S/c1-2-13-7-3-5-9-15(13)21-12-11-18-22(19,20)16-10-6-4-8-14(16)17/h3-10,18H,2,11-12H2,1H3. The number of benzene rings is 2. The molecule has 0 aliphatic carbocycles. The summed E-state index contributed by atoms with van der Waals surface area (Å²) in [6.07, 6.45) is 0.863. The molecule has 0 radical (unpaired) electrons. The van der Waals surface area contributed by atoms with Crippen molar-refractivity contribution in [1.29, 1.82) is 0 Å². The summed E-state index contributed by atoms with van der Waals surface area (Å²) in [5, 5.41) is 0.201. The van der Waals surface area contributed by atoms with Crippen LogP contribution in [0.5, 0.6) is 5.75 Å². The molecule has 2 aromatic rings. The number of ether oxygens (including phenoxy) is 1. The van der Waals surface area contributed by atoms with Gasteiger partial charge >= 0.3 is 0 Å². The largest absolute Gasteiger partial charge is 0.492 e. The van der Waals surface area contributed by atoms with Gasteiger partial charge in [-0.2, -0.15) is 0 Å². The number of nitrogens with one attached hydrogen (secondary N) is 1. The van der Waals surface area contributed by atoms with Crippen LogP contribution >= 0.6 is 11.6 Å². The van der Waals surface area contributed by atoms with E-state index >= 15 is 0 Å². The van der Waals surface area contributed by atoms with E-state index in [1.54, 1.807) is 18.2 Å². The average molecular weight is 340 g/mol. The van der Waals surface area contributed by atoms with E-state index in [0.717, 1.165) is 17.7 Å². The summed E-state index contributed by atoms with van der Waals surface area (Å²) in [6, 6.07) is 14.0. The number of rotatable bonds is 7. The quantitative estimate of drug-likeness (QED) is 0.788. The van der Waals surface area contributed by atoms with Crippen LogP contribution in [0.15, 0.2) is 53.4 Å². The predicted octanol–water partition coefficient (Wildman–Crippen LogP) is 3.26. The van der Waals surface area contributed by atoms with E-state index < -0.39 is 10.0 Å². The van der Waals surface area contributed by atoms with Crippen LogP contribution in [0, 0.1) is 0 Å². The molecule has 0 atom stereocenters. The van der Waals surface area contributed by atoms with Crippen LogP contribution in [0.2, 0.25) is 5.02 Å². The molecule has 0 bridgehead atoms. The molecule has 0 unspecified atom stereocenters. The zero-order chi connectivity index (χ0) is 16.0. The van der Waals surface area contributed by atoms with Crippen LogP contribution in [-0.4, -0.2) is 21.6 Å². The Morgan fingerprint density at radius 1 is 1.09 bits per heavy atom. The Labute approximate surface area is 136 Å². The summed E-state index contributed by atoms with van der Waals surface area (Å²) in [7, 11) is -3.62. The van der Waals surface area contributed by atoms with Crippen molar-refractivity contribution in [1.82, 2.24) is 4.72 Å². The van der Waals surface area contributed by atoms with Gasteiger partial charge in [0.1, 0.15) is 17.3 Å². The van der Waals surface area contributed by atoms with Crippen molar-refractivity contribution in [2.45, 2.75) is 18.2 Å². The van der Waals surface area contributed by atoms with Crippen LogP contribution in [0.3, 0.4) is 0 Å². The molecule has 2 rings (SSSR count). The van der Waals surface area contributed by atoms with Crippen LogP contribution in [0.1, 0.15) is 12.5 Å². The zero-order valence-electron chi connectivity index (χ0n) is 12.3. The van der Waals surface area contributed by atoms with Gasteiger partial charge in [0.15, 0.2) is 0 Å². The first kappa shape index (κ1) is 16.8. The molecule has 22 heavy (non-hydrogen) atoms. The normalized spacial score (nSPS) is 11.4. The summed E-state index contributed by atoms with van der Waals surface area (Å²) < 4.78 is 32.4. The minimum Gasteiger partial charge on any atom is -0.492 e. The van der Waals surface area contributed by atoms with Gasteiger partial charge < -0.3 is 4.74 Å². The molecule has 0 amide bonds. The third-order valence-electron chi connectivity index (χ3n) is 3.13. The average Bonchev–Trinajstić information content (AvgIpc) is 2.52. The molecule has 0 fully saturated rings. The number of hydrogen-bond donors (Lipinski definition) is 1. The number of halogens is 1. The molecule has 0 spiro atoms. The summed E-state index contributed by atoms with van der Waals surface area (Å²) >= 11 is 5.91. The first-order valence-electron chi connectivity index (χ1n) is 6.99. The Balaban J connectivity index is 1.92. The van der Waals surface area contributed by atoms with Crippen LogP contribution < -0.4 is 9.46 Å².